The van der Waals surface area contributed by atoms with Gasteiger partial charge in [-0.15, -0.1) is 22.6 Å². The van der Waals surface area contributed by atoms with Gasteiger partial charge < -0.3 is 9.30 Å². The van der Waals surface area contributed by atoms with Crippen LogP contribution in [0.15, 0.2) is 41.7 Å². The Balaban J connectivity index is 0.00000288. The van der Waals surface area contributed by atoms with Crippen LogP contribution in [0.3, 0.4) is 0 Å². The summed E-state index contributed by atoms with van der Waals surface area (Å²) in [6.07, 6.45) is -1.29. The zero-order valence-electron chi connectivity index (χ0n) is 12.4. The van der Waals surface area contributed by atoms with Crippen LogP contribution < -0.4 is 10.3 Å². The maximum atomic E-state index is 14.3. The molecule has 8 heteroatoms. The van der Waals surface area contributed by atoms with Crippen LogP contribution >= 0.6 is 22.6 Å². The predicted octanol–water partition coefficient (Wildman–Crippen LogP) is 3.89. The first-order valence-electron chi connectivity index (χ1n) is 6.57. The van der Waals surface area contributed by atoms with Crippen LogP contribution in [-0.4, -0.2) is 17.6 Å². The van der Waals surface area contributed by atoms with E-state index in [0.717, 1.165) is 4.57 Å². The molecular formula is C16H12F3INO2Y-. The molecule has 1 radical (unpaired) electrons. The molecule has 2 rings (SSSR count). The van der Waals surface area contributed by atoms with Crippen molar-refractivity contribution in [3.8, 4) is 17.0 Å². The van der Waals surface area contributed by atoms with E-state index in [1.165, 1.54) is 30.3 Å². The van der Waals surface area contributed by atoms with Crippen LogP contribution in [-0.2, 0) is 39.3 Å². The third-order valence-electron chi connectivity index (χ3n) is 2.94. The summed E-state index contributed by atoms with van der Waals surface area (Å²) in [5, 5.41) is 0. The fraction of sp³-hybridized carbons (Fsp3) is 0.188. The fourth-order valence-electron chi connectivity index (χ4n) is 2.02. The minimum Gasteiger partial charge on any atom is -0.502 e. The number of ether oxygens (including phenoxy) is 1. The van der Waals surface area contributed by atoms with Gasteiger partial charge in [-0.05, 0) is 21.3 Å². The standard InChI is InChI=1S/C16H12F3INO2.Y/c1-2-8-23-13-5-3-4-10(17)15(13)12-7-6-11(20)16(22)21(12)9-14(18)19;/h2-6,14H,1,8-9H2;/q-1;. The molecule has 0 aliphatic heterocycles. The minimum atomic E-state index is -2.76. The van der Waals surface area contributed by atoms with Gasteiger partial charge in [-0.25, -0.2) is 13.2 Å². The number of hydrogen-bond donors (Lipinski definition) is 0. The Bertz CT molecular complexity index is 780. The van der Waals surface area contributed by atoms with Crippen molar-refractivity contribution in [3.63, 3.8) is 0 Å². The van der Waals surface area contributed by atoms with Crippen LogP contribution in [0.4, 0.5) is 13.2 Å². The molecule has 24 heavy (non-hydrogen) atoms. The van der Waals surface area contributed by atoms with E-state index in [0.29, 0.717) is 0 Å². The third kappa shape index (κ3) is 4.92. The number of alkyl halides is 2. The van der Waals surface area contributed by atoms with Crippen molar-refractivity contribution in [2.24, 2.45) is 0 Å². The Labute approximate surface area is 175 Å². The monoisotopic (exact) mass is 523 g/mol. The maximum Gasteiger partial charge on any atom is 0.256 e. The second-order valence-corrected chi connectivity index (χ2v) is 5.67. The van der Waals surface area contributed by atoms with E-state index in [2.05, 4.69) is 12.6 Å². The van der Waals surface area contributed by atoms with E-state index in [9.17, 15) is 18.0 Å². The Morgan fingerprint density at radius 2 is 2.12 bits per heavy atom. The second-order valence-electron chi connectivity index (χ2n) is 4.50. The van der Waals surface area contributed by atoms with Crippen LogP contribution in [0.2, 0.25) is 0 Å². The Hall–Kier alpha value is -0.666. The molecule has 0 saturated carbocycles. The molecule has 0 unspecified atom stereocenters. The van der Waals surface area contributed by atoms with Gasteiger partial charge in [0.25, 0.3) is 6.43 Å². The van der Waals surface area contributed by atoms with Gasteiger partial charge in [-0.3, -0.25) is 4.79 Å². The normalized spacial score (nSPS) is 10.4. The van der Waals surface area contributed by atoms with E-state index in [4.69, 9.17) is 4.74 Å². The van der Waals surface area contributed by atoms with Crippen molar-refractivity contribution in [3.05, 3.63) is 62.7 Å². The van der Waals surface area contributed by atoms with Gasteiger partial charge in [-0.2, -0.15) is 12.1 Å². The average Bonchev–Trinajstić information content (AvgIpc) is 2.50. The summed E-state index contributed by atoms with van der Waals surface area (Å²) in [5.41, 5.74) is -0.783. The molecular weight excluding hydrogens is 511 g/mol. The van der Waals surface area contributed by atoms with Crippen LogP contribution in [0, 0.1) is 15.5 Å². The van der Waals surface area contributed by atoms with Gasteiger partial charge in [-0.1, -0.05) is 24.4 Å². The topological polar surface area (TPSA) is 31.2 Å². The molecule has 1 aromatic heterocycles. The van der Waals surface area contributed by atoms with Crippen molar-refractivity contribution < 1.29 is 50.6 Å². The first-order valence-corrected chi connectivity index (χ1v) is 7.65. The van der Waals surface area contributed by atoms with Crippen molar-refractivity contribution in [2.75, 3.05) is 6.61 Å². The number of aromatic nitrogens is 1. The number of pyridine rings is 1. The molecule has 125 valence electrons. The molecule has 0 aliphatic rings. The van der Waals surface area contributed by atoms with Crippen LogP contribution in [0.5, 0.6) is 5.75 Å². The third-order valence-corrected chi connectivity index (χ3v) is 3.72. The Kier molecular flexibility index (Phi) is 8.66. The molecule has 1 aromatic carbocycles. The smallest absolute Gasteiger partial charge is 0.256 e. The first-order chi connectivity index (χ1) is 11.0. The Morgan fingerprint density at radius 3 is 2.75 bits per heavy atom. The molecule has 0 spiro atoms. The van der Waals surface area contributed by atoms with Crippen molar-refractivity contribution >= 4 is 22.6 Å². The van der Waals surface area contributed by atoms with E-state index >= 15 is 0 Å². The van der Waals surface area contributed by atoms with E-state index in [-0.39, 0.29) is 59.9 Å². The molecule has 0 amide bonds. The number of nitrogens with zero attached hydrogens (tertiary/aromatic N) is 1. The van der Waals surface area contributed by atoms with Gasteiger partial charge >= 0.3 is 0 Å². The summed E-state index contributed by atoms with van der Waals surface area (Å²) in [6, 6.07) is 8.13. The van der Waals surface area contributed by atoms with Crippen molar-refractivity contribution in [1.29, 1.82) is 0 Å². The molecule has 1 heterocycles. The quantitative estimate of drug-likeness (QED) is 0.327. The number of hydrogen-bond acceptors (Lipinski definition) is 2. The number of halogens is 4. The van der Waals surface area contributed by atoms with Gasteiger partial charge in [0.05, 0.1) is 18.1 Å². The van der Waals surface area contributed by atoms with E-state index in [1.54, 1.807) is 22.6 Å². The molecule has 0 bridgehead atoms. The van der Waals surface area contributed by atoms with Crippen LogP contribution in [0.25, 0.3) is 11.3 Å². The zero-order chi connectivity index (χ0) is 17.0. The fourth-order valence-corrected chi connectivity index (χ4v) is 2.47. The number of benzene rings is 1. The largest absolute Gasteiger partial charge is 0.502 e. The van der Waals surface area contributed by atoms with Gasteiger partial charge in [0.1, 0.15) is 6.61 Å². The van der Waals surface area contributed by atoms with Crippen LogP contribution in [0.1, 0.15) is 0 Å². The maximum absolute atomic E-state index is 14.3. The summed E-state index contributed by atoms with van der Waals surface area (Å²) in [4.78, 5) is 12.2. The summed E-state index contributed by atoms with van der Waals surface area (Å²) >= 11 is 1.73. The van der Waals surface area contributed by atoms with Gasteiger partial charge in [0.2, 0.25) is 5.56 Å². The summed E-state index contributed by atoms with van der Waals surface area (Å²) in [6.45, 7) is 2.76. The van der Waals surface area contributed by atoms with Gasteiger partial charge in [0.15, 0.2) is 0 Å². The summed E-state index contributed by atoms with van der Waals surface area (Å²) < 4.78 is 46.3. The van der Waals surface area contributed by atoms with Crippen molar-refractivity contribution in [1.82, 2.24) is 4.57 Å². The summed E-state index contributed by atoms with van der Waals surface area (Å²) in [7, 11) is 0. The molecule has 0 aliphatic carbocycles. The minimum absolute atomic E-state index is 0. The predicted molar refractivity (Wildman–Crippen MR) is 89.3 cm³/mol. The summed E-state index contributed by atoms with van der Waals surface area (Å²) in [5.74, 6) is -0.559. The van der Waals surface area contributed by atoms with Crippen molar-refractivity contribution in [2.45, 2.75) is 13.0 Å². The zero-order valence-corrected chi connectivity index (χ0v) is 17.4. The van der Waals surface area contributed by atoms with E-state index in [1.807, 2.05) is 0 Å². The molecule has 0 atom stereocenters. The molecule has 3 nitrogen and oxygen atoms in total. The van der Waals surface area contributed by atoms with E-state index < -0.39 is 24.3 Å². The molecule has 2 aromatic rings. The van der Waals surface area contributed by atoms with Gasteiger partial charge in [0, 0.05) is 32.7 Å². The first kappa shape index (κ1) is 21.4. The Morgan fingerprint density at radius 1 is 1.42 bits per heavy atom. The molecule has 0 fully saturated rings. The SMILES string of the molecule is C=CCOc1cccc(F)c1-c1[c-]cc(I)c(=O)n1CC(F)F.[Y]. The molecule has 0 saturated heterocycles. The number of rotatable bonds is 6. The molecule has 0 N–H and O–H groups in total. The average molecular weight is 523 g/mol. The second kappa shape index (κ2) is 9.72.